The van der Waals surface area contributed by atoms with E-state index >= 15 is 0 Å². The zero-order valence-corrected chi connectivity index (χ0v) is 16.0. The molecular formula is C17H31NO6. The molecule has 0 aromatic heterocycles. The summed E-state index contributed by atoms with van der Waals surface area (Å²) in [4.78, 5) is 37.1. The van der Waals surface area contributed by atoms with E-state index in [0.717, 1.165) is 0 Å². The maximum Gasteiger partial charge on any atom is 0.407 e. The monoisotopic (exact) mass is 345 g/mol. The minimum Gasteiger partial charge on any atom is -0.465 e. The van der Waals surface area contributed by atoms with Crippen molar-refractivity contribution in [3.63, 3.8) is 0 Å². The van der Waals surface area contributed by atoms with Crippen molar-refractivity contribution in [2.75, 3.05) is 13.2 Å². The molecule has 1 unspecified atom stereocenters. The van der Waals surface area contributed by atoms with Gasteiger partial charge in [0.2, 0.25) is 0 Å². The lowest BCUT2D eigenvalue weighted by molar-refractivity contribution is -0.174. The molecule has 0 saturated carbocycles. The molecule has 0 bridgehead atoms. The average Bonchev–Trinajstić information content (AvgIpc) is 2.42. The van der Waals surface area contributed by atoms with Gasteiger partial charge in [-0.3, -0.25) is 9.59 Å². The molecule has 0 aliphatic rings. The summed E-state index contributed by atoms with van der Waals surface area (Å²) in [5, 5.41) is 2.63. The number of carbonyl (C=O) groups is 3. The normalized spacial score (nSPS) is 13.2. The minimum absolute atomic E-state index is 0.116. The molecule has 0 saturated heterocycles. The molecule has 0 fully saturated rings. The van der Waals surface area contributed by atoms with Crippen LogP contribution in [0.15, 0.2) is 0 Å². The van der Waals surface area contributed by atoms with Gasteiger partial charge in [0.15, 0.2) is 5.41 Å². The van der Waals surface area contributed by atoms with E-state index in [4.69, 9.17) is 14.2 Å². The van der Waals surface area contributed by atoms with Gasteiger partial charge in [0, 0.05) is 0 Å². The molecule has 0 rings (SSSR count). The summed E-state index contributed by atoms with van der Waals surface area (Å²) in [6, 6.07) is -0.842. The van der Waals surface area contributed by atoms with E-state index in [-0.39, 0.29) is 19.1 Å². The number of hydrogen-bond donors (Lipinski definition) is 1. The number of hydrogen-bond acceptors (Lipinski definition) is 6. The van der Waals surface area contributed by atoms with Crippen molar-refractivity contribution in [3.8, 4) is 0 Å². The van der Waals surface area contributed by atoms with Gasteiger partial charge in [-0.1, -0.05) is 13.8 Å². The number of amides is 1. The van der Waals surface area contributed by atoms with Crippen LogP contribution in [0.2, 0.25) is 0 Å². The molecular weight excluding hydrogens is 314 g/mol. The highest BCUT2D eigenvalue weighted by molar-refractivity contribution is 6.01. The van der Waals surface area contributed by atoms with Crippen LogP contribution in [0.3, 0.4) is 0 Å². The van der Waals surface area contributed by atoms with E-state index in [1.54, 1.807) is 48.5 Å². The standard InChI is InChI=1S/C17H31NO6/c1-9-22-13(19)17(8,14(20)23-10-2)12(11(3)4)18-15(21)24-16(5,6)7/h11-12H,9-10H2,1-8H3,(H,18,21). The van der Waals surface area contributed by atoms with Crippen molar-refractivity contribution in [3.05, 3.63) is 0 Å². The topological polar surface area (TPSA) is 90.9 Å². The Kier molecular flexibility index (Phi) is 8.23. The first-order valence-electron chi connectivity index (χ1n) is 8.24. The van der Waals surface area contributed by atoms with Crippen LogP contribution in [0.1, 0.15) is 55.4 Å². The van der Waals surface area contributed by atoms with E-state index in [1.165, 1.54) is 6.92 Å². The molecule has 1 atom stereocenters. The molecule has 0 radical (unpaired) electrons. The third kappa shape index (κ3) is 6.02. The van der Waals surface area contributed by atoms with Crippen molar-refractivity contribution >= 4 is 18.0 Å². The third-order valence-electron chi connectivity index (χ3n) is 3.36. The molecule has 0 aromatic carbocycles. The highest BCUT2D eigenvalue weighted by Gasteiger charge is 2.53. The molecule has 0 aliphatic heterocycles. The molecule has 7 heteroatoms. The van der Waals surface area contributed by atoms with Gasteiger partial charge in [0.05, 0.1) is 19.3 Å². The van der Waals surface area contributed by atoms with E-state index in [0.29, 0.717) is 0 Å². The number of ether oxygens (including phenoxy) is 3. The Morgan fingerprint density at radius 2 is 1.33 bits per heavy atom. The van der Waals surface area contributed by atoms with E-state index in [2.05, 4.69) is 5.32 Å². The van der Waals surface area contributed by atoms with Gasteiger partial charge < -0.3 is 19.5 Å². The fraction of sp³-hybridized carbons (Fsp3) is 0.824. The number of esters is 2. The predicted octanol–water partition coefficient (Wildman–Crippen LogP) is 2.67. The Bertz CT molecular complexity index is 434. The maximum atomic E-state index is 12.5. The molecule has 7 nitrogen and oxygen atoms in total. The molecule has 0 spiro atoms. The van der Waals surface area contributed by atoms with Crippen molar-refractivity contribution in [1.29, 1.82) is 0 Å². The molecule has 1 N–H and O–H groups in total. The Morgan fingerprint density at radius 3 is 1.62 bits per heavy atom. The summed E-state index contributed by atoms with van der Waals surface area (Å²) in [5.41, 5.74) is -2.37. The van der Waals surface area contributed by atoms with Gasteiger partial charge >= 0.3 is 18.0 Å². The highest BCUT2D eigenvalue weighted by atomic mass is 16.6. The Labute approximate surface area is 144 Å². The van der Waals surface area contributed by atoms with E-state index < -0.39 is 35.1 Å². The van der Waals surface area contributed by atoms with Crippen LogP contribution in [0.25, 0.3) is 0 Å². The molecule has 1 amide bonds. The van der Waals surface area contributed by atoms with Crippen LogP contribution in [-0.2, 0) is 23.8 Å². The quantitative estimate of drug-likeness (QED) is 0.433. The zero-order valence-electron chi connectivity index (χ0n) is 16.0. The number of alkyl carbamates (subject to hydrolysis) is 1. The second-order valence-electron chi connectivity index (χ2n) is 7.01. The second-order valence-corrected chi connectivity index (χ2v) is 7.01. The fourth-order valence-electron chi connectivity index (χ4n) is 2.31. The van der Waals surface area contributed by atoms with Crippen molar-refractivity contribution in [1.82, 2.24) is 5.32 Å². The van der Waals surface area contributed by atoms with Crippen LogP contribution < -0.4 is 5.32 Å². The second kappa shape index (κ2) is 8.89. The van der Waals surface area contributed by atoms with Crippen LogP contribution in [0.5, 0.6) is 0 Å². The summed E-state index contributed by atoms with van der Waals surface area (Å²) in [5.74, 6) is -1.72. The number of nitrogens with one attached hydrogen (secondary N) is 1. The van der Waals surface area contributed by atoms with Gasteiger partial charge in [-0.25, -0.2) is 4.79 Å². The van der Waals surface area contributed by atoms with Crippen LogP contribution in [-0.4, -0.2) is 42.9 Å². The lowest BCUT2D eigenvalue weighted by Crippen LogP contribution is -2.58. The lowest BCUT2D eigenvalue weighted by Gasteiger charge is -2.36. The van der Waals surface area contributed by atoms with Gasteiger partial charge in [0.25, 0.3) is 0 Å². The maximum absolute atomic E-state index is 12.5. The Balaban J connectivity index is 5.66. The molecule has 0 aliphatic carbocycles. The van der Waals surface area contributed by atoms with Gasteiger partial charge in [-0.2, -0.15) is 0 Å². The smallest absolute Gasteiger partial charge is 0.407 e. The summed E-state index contributed by atoms with van der Waals surface area (Å²) in [7, 11) is 0. The SMILES string of the molecule is CCOC(=O)C(C)(C(=O)OCC)C(NC(=O)OC(C)(C)C)C(C)C. The molecule has 140 valence electrons. The summed E-state index contributed by atoms with van der Waals surface area (Å²) in [6.45, 7) is 13.7. The van der Waals surface area contributed by atoms with Crippen molar-refractivity contribution in [2.45, 2.75) is 67.0 Å². The third-order valence-corrected chi connectivity index (χ3v) is 3.36. The van der Waals surface area contributed by atoms with E-state index in [9.17, 15) is 14.4 Å². The largest absolute Gasteiger partial charge is 0.465 e. The van der Waals surface area contributed by atoms with Crippen LogP contribution in [0.4, 0.5) is 4.79 Å². The van der Waals surface area contributed by atoms with E-state index in [1.807, 2.05) is 0 Å². The average molecular weight is 345 g/mol. The lowest BCUT2D eigenvalue weighted by atomic mass is 9.76. The summed E-state index contributed by atoms with van der Waals surface area (Å²) in [6.07, 6.45) is -0.707. The number of rotatable bonds is 7. The van der Waals surface area contributed by atoms with Crippen molar-refractivity contribution in [2.24, 2.45) is 11.3 Å². The summed E-state index contributed by atoms with van der Waals surface area (Å²) < 4.78 is 15.4. The predicted molar refractivity (Wildman–Crippen MR) is 89.4 cm³/mol. The van der Waals surface area contributed by atoms with Gasteiger partial charge in [-0.05, 0) is 47.5 Å². The number of carbonyl (C=O) groups excluding carboxylic acids is 3. The first kappa shape index (κ1) is 22.2. The first-order chi connectivity index (χ1) is 10.9. The van der Waals surface area contributed by atoms with Crippen LogP contribution >= 0.6 is 0 Å². The zero-order chi connectivity index (χ0) is 19.1. The Hall–Kier alpha value is -1.79. The summed E-state index contributed by atoms with van der Waals surface area (Å²) >= 11 is 0. The molecule has 0 aromatic rings. The highest BCUT2D eigenvalue weighted by Crippen LogP contribution is 2.31. The fourth-order valence-corrected chi connectivity index (χ4v) is 2.31. The Morgan fingerprint density at radius 1 is 0.917 bits per heavy atom. The van der Waals surface area contributed by atoms with Crippen molar-refractivity contribution < 1.29 is 28.6 Å². The van der Waals surface area contributed by atoms with Gasteiger partial charge in [-0.15, -0.1) is 0 Å². The van der Waals surface area contributed by atoms with Gasteiger partial charge in [0.1, 0.15) is 5.60 Å². The molecule has 24 heavy (non-hydrogen) atoms. The van der Waals surface area contributed by atoms with Crippen LogP contribution in [0, 0.1) is 11.3 Å². The first-order valence-corrected chi connectivity index (χ1v) is 8.24. The minimum atomic E-state index is -1.67. The molecule has 0 heterocycles.